The Bertz CT molecular complexity index is 544. The summed E-state index contributed by atoms with van der Waals surface area (Å²) in [6.45, 7) is 4.00. The Balaban J connectivity index is 3.41. The molecule has 19 heavy (non-hydrogen) atoms. The van der Waals surface area contributed by atoms with Crippen LogP contribution in [0.2, 0.25) is 0 Å². The van der Waals surface area contributed by atoms with Crippen molar-refractivity contribution in [2.75, 3.05) is 20.0 Å². The number of thioether (sulfide) groups is 1. The van der Waals surface area contributed by atoms with Crippen molar-refractivity contribution in [3.05, 3.63) is 10.4 Å². The average Bonchev–Trinajstić information content (AvgIpc) is 2.75. The van der Waals surface area contributed by atoms with Crippen molar-refractivity contribution in [2.24, 2.45) is 4.99 Å². The molecule has 0 saturated heterocycles. The molecule has 102 valence electrons. The molecule has 1 rings (SSSR count). The van der Waals surface area contributed by atoms with Crippen molar-refractivity contribution in [2.45, 2.75) is 18.1 Å². The zero-order valence-corrected chi connectivity index (χ0v) is 12.8. The highest BCUT2D eigenvalue weighted by Crippen LogP contribution is 2.40. The third-order valence-corrected chi connectivity index (χ3v) is 4.42. The summed E-state index contributed by atoms with van der Waals surface area (Å²) >= 11 is 2.61. The van der Waals surface area contributed by atoms with E-state index in [1.165, 1.54) is 30.2 Å². The van der Waals surface area contributed by atoms with Gasteiger partial charge in [-0.25, -0.2) is 9.79 Å². The smallest absolute Gasteiger partial charge is 0.350 e. The number of ether oxygens (including phenoxy) is 2. The second-order valence-corrected chi connectivity index (χ2v) is 5.41. The maximum atomic E-state index is 11.7. The molecule has 0 bridgehead atoms. The first-order chi connectivity index (χ1) is 9.08. The summed E-state index contributed by atoms with van der Waals surface area (Å²) in [7, 11) is 1.30. The van der Waals surface area contributed by atoms with Crippen molar-refractivity contribution >= 4 is 40.7 Å². The molecule has 0 atom stereocenters. The van der Waals surface area contributed by atoms with E-state index in [0.717, 1.165) is 4.21 Å². The van der Waals surface area contributed by atoms with E-state index in [-0.39, 0.29) is 0 Å². The van der Waals surface area contributed by atoms with E-state index in [0.29, 0.717) is 28.6 Å². The van der Waals surface area contributed by atoms with Gasteiger partial charge in [-0.15, -0.1) is 23.1 Å². The molecule has 0 saturated carbocycles. The summed E-state index contributed by atoms with van der Waals surface area (Å²) in [6.07, 6.45) is 1.84. The topological polar surface area (TPSA) is 71.7 Å². The van der Waals surface area contributed by atoms with Crippen LogP contribution in [-0.2, 0) is 9.47 Å². The first-order valence-electron chi connectivity index (χ1n) is 5.46. The number of carbonyl (C=O) groups is 1. The summed E-state index contributed by atoms with van der Waals surface area (Å²) in [5.74, 6) is -0.0838. The van der Waals surface area contributed by atoms with Gasteiger partial charge in [-0.3, -0.25) is 0 Å². The molecule has 0 spiro atoms. The van der Waals surface area contributed by atoms with Gasteiger partial charge in [0.05, 0.1) is 17.9 Å². The van der Waals surface area contributed by atoms with E-state index >= 15 is 0 Å². The van der Waals surface area contributed by atoms with Crippen LogP contribution in [0.3, 0.4) is 0 Å². The molecule has 0 aliphatic heterocycles. The lowest BCUT2D eigenvalue weighted by Crippen LogP contribution is -2.01. The van der Waals surface area contributed by atoms with Crippen LogP contribution in [0, 0.1) is 11.3 Å². The normalized spacial score (nSPS) is 11.0. The molecule has 0 aliphatic carbocycles. The van der Waals surface area contributed by atoms with Gasteiger partial charge in [-0.2, -0.15) is 5.26 Å². The minimum atomic E-state index is -0.496. The fourth-order valence-corrected chi connectivity index (χ4v) is 3.15. The molecule has 1 aromatic rings. The average molecular weight is 298 g/mol. The number of hydrogen-bond donors (Lipinski definition) is 0. The second-order valence-electron chi connectivity index (χ2n) is 3.31. The van der Waals surface area contributed by atoms with Gasteiger partial charge in [0.2, 0.25) is 0 Å². The van der Waals surface area contributed by atoms with Crippen molar-refractivity contribution in [1.82, 2.24) is 0 Å². The molecular weight excluding hydrogens is 284 g/mol. The molecule has 7 heteroatoms. The van der Waals surface area contributed by atoms with Gasteiger partial charge in [0.15, 0.2) is 5.90 Å². The van der Waals surface area contributed by atoms with Gasteiger partial charge >= 0.3 is 5.97 Å². The molecule has 0 unspecified atom stereocenters. The SMILES string of the molecule is CCOC(C)=Nc1c(C(=O)OC)sc(SC)c1C#N. The fourth-order valence-electron chi connectivity index (χ4n) is 1.38. The minimum Gasteiger partial charge on any atom is -0.481 e. The van der Waals surface area contributed by atoms with Gasteiger partial charge in [0.1, 0.15) is 22.2 Å². The molecule has 0 fully saturated rings. The number of esters is 1. The van der Waals surface area contributed by atoms with Gasteiger partial charge in [0, 0.05) is 6.92 Å². The largest absolute Gasteiger partial charge is 0.481 e. The Labute approximate surface area is 120 Å². The molecule has 0 amide bonds. The number of nitrogens with zero attached hydrogens (tertiary/aromatic N) is 2. The highest BCUT2D eigenvalue weighted by molar-refractivity contribution is 8.00. The number of hydrogen-bond acceptors (Lipinski definition) is 7. The predicted octanol–water partition coefficient (Wildman–Crippen LogP) is 3.21. The Morgan fingerprint density at radius 2 is 2.26 bits per heavy atom. The first-order valence-corrected chi connectivity index (χ1v) is 7.50. The van der Waals surface area contributed by atoms with Crippen LogP contribution < -0.4 is 0 Å². The van der Waals surface area contributed by atoms with Gasteiger partial charge in [0.25, 0.3) is 0 Å². The van der Waals surface area contributed by atoms with Crippen molar-refractivity contribution in [1.29, 1.82) is 5.26 Å². The second kappa shape index (κ2) is 7.16. The zero-order chi connectivity index (χ0) is 14.4. The van der Waals surface area contributed by atoms with Crippen LogP contribution in [0.15, 0.2) is 9.20 Å². The number of aliphatic imine (C=N–C) groups is 1. The third kappa shape index (κ3) is 3.49. The van der Waals surface area contributed by atoms with E-state index in [1.54, 1.807) is 6.92 Å². The lowest BCUT2D eigenvalue weighted by molar-refractivity contribution is 0.0607. The van der Waals surface area contributed by atoms with E-state index in [4.69, 9.17) is 9.47 Å². The lowest BCUT2D eigenvalue weighted by atomic mass is 10.2. The van der Waals surface area contributed by atoms with E-state index in [2.05, 4.69) is 11.1 Å². The molecule has 1 aromatic heterocycles. The summed E-state index contributed by atoms with van der Waals surface area (Å²) in [5, 5.41) is 9.22. The number of thiophene rings is 1. The number of rotatable bonds is 4. The maximum Gasteiger partial charge on any atom is 0.350 e. The van der Waals surface area contributed by atoms with Gasteiger partial charge in [-0.05, 0) is 13.2 Å². The van der Waals surface area contributed by atoms with E-state index in [1.807, 2.05) is 13.2 Å². The summed E-state index contributed by atoms with van der Waals surface area (Å²) in [4.78, 5) is 16.3. The van der Waals surface area contributed by atoms with Crippen molar-refractivity contribution < 1.29 is 14.3 Å². The van der Waals surface area contributed by atoms with Crippen LogP contribution in [0.25, 0.3) is 0 Å². The lowest BCUT2D eigenvalue weighted by Gasteiger charge is -2.02. The van der Waals surface area contributed by atoms with Crippen LogP contribution in [0.1, 0.15) is 29.1 Å². The van der Waals surface area contributed by atoms with Crippen LogP contribution in [0.5, 0.6) is 0 Å². The van der Waals surface area contributed by atoms with Gasteiger partial charge < -0.3 is 9.47 Å². The highest BCUT2D eigenvalue weighted by atomic mass is 32.2. The number of methoxy groups -OCH3 is 1. The number of nitriles is 1. The molecule has 0 aromatic carbocycles. The first kappa shape index (κ1) is 15.5. The maximum absolute atomic E-state index is 11.7. The Kier molecular flexibility index (Phi) is 5.86. The minimum absolute atomic E-state index is 0.322. The Hall–Kier alpha value is -1.52. The van der Waals surface area contributed by atoms with E-state index in [9.17, 15) is 10.1 Å². The number of carbonyl (C=O) groups excluding carboxylic acids is 1. The summed E-state index contributed by atoms with van der Waals surface area (Å²) in [6, 6.07) is 2.08. The molecule has 0 N–H and O–H groups in total. The van der Waals surface area contributed by atoms with E-state index < -0.39 is 5.97 Å². The molecular formula is C12H14N2O3S2. The monoisotopic (exact) mass is 298 g/mol. The molecule has 1 heterocycles. The summed E-state index contributed by atoms with van der Waals surface area (Å²) in [5.41, 5.74) is 0.714. The predicted molar refractivity (Wildman–Crippen MR) is 76.5 cm³/mol. The van der Waals surface area contributed by atoms with Crippen molar-refractivity contribution in [3.8, 4) is 6.07 Å². The molecule has 0 radical (unpaired) electrons. The molecule has 5 nitrogen and oxygen atoms in total. The van der Waals surface area contributed by atoms with Crippen LogP contribution in [-0.4, -0.2) is 31.8 Å². The van der Waals surface area contributed by atoms with Gasteiger partial charge in [-0.1, -0.05) is 0 Å². The Morgan fingerprint density at radius 3 is 2.74 bits per heavy atom. The standard InChI is InChI=1S/C12H14N2O3S2/c1-5-17-7(2)14-9-8(6-13)12(18-4)19-10(9)11(15)16-3/h5H2,1-4H3. The fraction of sp³-hybridized carbons (Fsp3) is 0.417. The van der Waals surface area contributed by atoms with Crippen LogP contribution >= 0.6 is 23.1 Å². The molecule has 0 aliphatic rings. The zero-order valence-electron chi connectivity index (χ0n) is 11.1. The third-order valence-electron chi connectivity index (χ3n) is 2.14. The quantitative estimate of drug-likeness (QED) is 0.369. The van der Waals surface area contributed by atoms with Crippen molar-refractivity contribution in [3.63, 3.8) is 0 Å². The Morgan fingerprint density at radius 1 is 1.58 bits per heavy atom. The summed E-state index contributed by atoms with van der Waals surface area (Å²) < 4.78 is 10.7. The van der Waals surface area contributed by atoms with Crippen LogP contribution in [0.4, 0.5) is 5.69 Å². The highest BCUT2D eigenvalue weighted by Gasteiger charge is 2.23.